The molecule has 88 valence electrons. The third-order valence-corrected chi connectivity index (χ3v) is 7.40. The molecule has 4 rings (SSSR count). The number of hydrogen-bond donors (Lipinski definition) is 0. The van der Waals surface area contributed by atoms with Gasteiger partial charge in [-0.05, 0) is 46.8 Å². The van der Waals surface area contributed by atoms with Gasteiger partial charge < -0.3 is 0 Å². The van der Waals surface area contributed by atoms with Gasteiger partial charge >= 0.3 is 0 Å². The van der Waals surface area contributed by atoms with Gasteiger partial charge in [-0.25, -0.2) is 0 Å². The molecule has 1 spiro atoms. The molecule has 0 aromatic carbocycles. The van der Waals surface area contributed by atoms with Crippen molar-refractivity contribution in [3.05, 3.63) is 0 Å². The second kappa shape index (κ2) is 2.15. The fourth-order valence-corrected chi connectivity index (χ4v) is 6.60. The highest BCUT2D eigenvalue weighted by Gasteiger charge is 2.89. The highest BCUT2D eigenvalue weighted by molar-refractivity contribution is 5.87. The second-order valence-corrected chi connectivity index (χ2v) is 7.74. The molecule has 0 radical (unpaired) electrons. The summed E-state index contributed by atoms with van der Waals surface area (Å²) >= 11 is 0. The van der Waals surface area contributed by atoms with E-state index in [1.54, 1.807) is 0 Å². The van der Waals surface area contributed by atoms with Crippen LogP contribution in [0.1, 0.15) is 47.0 Å². The molecular formula is C15H22O. The maximum Gasteiger partial charge on any atom is 0.136 e. The van der Waals surface area contributed by atoms with Gasteiger partial charge in [0.05, 0.1) is 0 Å². The molecule has 0 heterocycles. The molecule has 0 aliphatic heterocycles. The van der Waals surface area contributed by atoms with E-state index < -0.39 is 0 Å². The van der Waals surface area contributed by atoms with Crippen LogP contribution in [0.25, 0.3) is 0 Å². The largest absolute Gasteiger partial charge is 0.299 e. The van der Waals surface area contributed by atoms with Crippen LogP contribution in [0.3, 0.4) is 0 Å². The monoisotopic (exact) mass is 218 g/mol. The van der Waals surface area contributed by atoms with Crippen molar-refractivity contribution in [2.75, 3.05) is 0 Å². The molecule has 0 bridgehead atoms. The molecule has 0 amide bonds. The summed E-state index contributed by atoms with van der Waals surface area (Å²) in [7, 11) is 0. The van der Waals surface area contributed by atoms with Crippen molar-refractivity contribution in [3.8, 4) is 0 Å². The van der Waals surface area contributed by atoms with Gasteiger partial charge in [-0.15, -0.1) is 0 Å². The van der Waals surface area contributed by atoms with Crippen molar-refractivity contribution in [3.63, 3.8) is 0 Å². The molecule has 0 aromatic heterocycles. The van der Waals surface area contributed by atoms with Crippen molar-refractivity contribution in [1.29, 1.82) is 0 Å². The van der Waals surface area contributed by atoms with Crippen molar-refractivity contribution < 1.29 is 4.79 Å². The lowest BCUT2D eigenvalue weighted by Gasteiger charge is -2.31. The predicted octanol–water partition coefficient (Wildman–Crippen LogP) is 3.28. The zero-order valence-electron chi connectivity index (χ0n) is 10.8. The van der Waals surface area contributed by atoms with Crippen LogP contribution in [0.15, 0.2) is 0 Å². The molecule has 4 aliphatic carbocycles. The van der Waals surface area contributed by atoms with Gasteiger partial charge in [0.15, 0.2) is 0 Å². The normalized spacial score (nSPS) is 64.6. The molecule has 1 nitrogen and oxygen atoms in total. The van der Waals surface area contributed by atoms with Gasteiger partial charge in [0.25, 0.3) is 0 Å². The third kappa shape index (κ3) is 0.638. The van der Waals surface area contributed by atoms with E-state index in [1.165, 1.54) is 12.8 Å². The van der Waals surface area contributed by atoms with Crippen molar-refractivity contribution in [2.24, 2.45) is 39.9 Å². The summed E-state index contributed by atoms with van der Waals surface area (Å²) in [6, 6.07) is 0. The van der Waals surface area contributed by atoms with E-state index in [1.807, 2.05) is 0 Å². The first-order valence-electron chi connectivity index (χ1n) is 6.91. The molecule has 1 heteroatoms. The Balaban J connectivity index is 1.84. The standard InChI is InChI=1S/C15H22O/c1-8-10(16)7-11-14(4)6-5-9-12(13(9,2)3)15(8,11)14/h8-9,11-12H,5-7H2,1-4H3/t8-,9+,11+,12-,14+,15-/m1/s1. The van der Waals surface area contributed by atoms with E-state index in [0.717, 1.165) is 24.2 Å². The maximum absolute atomic E-state index is 12.0. The minimum absolute atomic E-state index is 0.358. The Morgan fingerprint density at radius 1 is 1.25 bits per heavy atom. The van der Waals surface area contributed by atoms with E-state index in [2.05, 4.69) is 27.7 Å². The Hall–Kier alpha value is -0.330. The fraction of sp³-hybridized carbons (Fsp3) is 0.933. The predicted molar refractivity (Wildman–Crippen MR) is 62.8 cm³/mol. The lowest BCUT2D eigenvalue weighted by Crippen LogP contribution is -2.30. The van der Waals surface area contributed by atoms with Gasteiger partial charge in [0.1, 0.15) is 5.78 Å². The van der Waals surface area contributed by atoms with Gasteiger partial charge in [0.2, 0.25) is 0 Å². The Labute approximate surface area is 98.0 Å². The Bertz CT molecular complexity index is 410. The first-order chi connectivity index (χ1) is 7.38. The van der Waals surface area contributed by atoms with Gasteiger partial charge in [0, 0.05) is 12.3 Å². The molecule has 0 N–H and O–H groups in total. The number of carbonyl (C=O) groups excluding carboxylic acids is 1. The van der Waals surface area contributed by atoms with Crippen LogP contribution in [-0.4, -0.2) is 5.78 Å². The third-order valence-electron chi connectivity index (χ3n) is 7.40. The van der Waals surface area contributed by atoms with E-state index in [0.29, 0.717) is 27.9 Å². The van der Waals surface area contributed by atoms with Gasteiger partial charge in [-0.2, -0.15) is 0 Å². The molecule has 0 saturated heterocycles. The SMILES string of the molecule is C[C@@H]1C(=O)C[C@@H]2[C@@]13[C@@H]1[C@H](CC[C@@]23C)C1(C)C. The second-order valence-electron chi connectivity index (χ2n) is 7.74. The minimum atomic E-state index is 0.358. The number of carbonyl (C=O) groups is 1. The number of fused-ring (bicyclic) bond motifs is 2. The minimum Gasteiger partial charge on any atom is -0.299 e. The molecule has 4 aliphatic rings. The van der Waals surface area contributed by atoms with Gasteiger partial charge in [-0.3, -0.25) is 4.79 Å². The summed E-state index contributed by atoms with van der Waals surface area (Å²) in [5.41, 5.74) is 1.51. The zero-order valence-corrected chi connectivity index (χ0v) is 10.8. The van der Waals surface area contributed by atoms with E-state index >= 15 is 0 Å². The maximum atomic E-state index is 12.0. The lowest BCUT2D eigenvalue weighted by molar-refractivity contribution is -0.123. The average Bonchev–Trinajstić information content (AvgIpc) is 2.91. The lowest BCUT2D eigenvalue weighted by atomic mass is 9.72. The van der Waals surface area contributed by atoms with Crippen molar-refractivity contribution >= 4 is 5.78 Å². The first-order valence-corrected chi connectivity index (χ1v) is 6.91. The number of ketones is 1. The van der Waals surface area contributed by atoms with Crippen molar-refractivity contribution in [2.45, 2.75) is 47.0 Å². The first kappa shape index (κ1) is 9.67. The number of hydrogen-bond acceptors (Lipinski definition) is 1. The highest BCUT2D eigenvalue weighted by atomic mass is 16.1. The van der Waals surface area contributed by atoms with Crippen LogP contribution in [0.2, 0.25) is 0 Å². The summed E-state index contributed by atoms with van der Waals surface area (Å²) in [5.74, 6) is 3.46. The van der Waals surface area contributed by atoms with Crippen LogP contribution < -0.4 is 0 Å². The fourth-order valence-electron chi connectivity index (χ4n) is 6.60. The smallest absolute Gasteiger partial charge is 0.136 e. The van der Waals surface area contributed by atoms with E-state index in [-0.39, 0.29) is 0 Å². The van der Waals surface area contributed by atoms with Crippen LogP contribution in [0.5, 0.6) is 0 Å². The Kier molecular flexibility index (Phi) is 1.30. The van der Waals surface area contributed by atoms with Gasteiger partial charge in [-0.1, -0.05) is 27.7 Å². The summed E-state index contributed by atoms with van der Waals surface area (Å²) in [4.78, 5) is 12.0. The number of Topliss-reactive ketones (excluding diaryl/α,β-unsaturated/α-hetero) is 1. The highest BCUT2D eigenvalue weighted by Crippen LogP contribution is 2.93. The summed E-state index contributed by atoms with van der Waals surface area (Å²) < 4.78 is 0. The Morgan fingerprint density at radius 3 is 2.62 bits per heavy atom. The summed E-state index contributed by atoms with van der Waals surface area (Å²) in [6.45, 7) is 9.58. The molecule has 16 heavy (non-hydrogen) atoms. The average molecular weight is 218 g/mol. The van der Waals surface area contributed by atoms with E-state index in [9.17, 15) is 4.79 Å². The summed E-state index contributed by atoms with van der Waals surface area (Å²) in [5, 5.41) is 0. The molecule has 6 atom stereocenters. The molecule has 0 unspecified atom stereocenters. The summed E-state index contributed by atoms with van der Waals surface area (Å²) in [6.07, 6.45) is 3.71. The quantitative estimate of drug-likeness (QED) is 0.610. The van der Waals surface area contributed by atoms with Crippen molar-refractivity contribution in [1.82, 2.24) is 0 Å². The molecule has 4 fully saturated rings. The zero-order chi connectivity index (χ0) is 11.5. The Morgan fingerprint density at radius 2 is 1.94 bits per heavy atom. The topological polar surface area (TPSA) is 17.1 Å². The van der Waals surface area contributed by atoms with E-state index in [4.69, 9.17) is 0 Å². The molecular weight excluding hydrogens is 196 g/mol. The number of rotatable bonds is 0. The van der Waals surface area contributed by atoms with Crippen LogP contribution >= 0.6 is 0 Å². The van der Waals surface area contributed by atoms with Crippen LogP contribution in [0, 0.1) is 39.9 Å². The van der Waals surface area contributed by atoms with Crippen LogP contribution in [0.4, 0.5) is 0 Å². The molecule has 0 aromatic rings. The molecule has 4 saturated carbocycles. The van der Waals surface area contributed by atoms with Crippen LogP contribution in [-0.2, 0) is 4.79 Å².